The van der Waals surface area contributed by atoms with Crippen LogP contribution in [0.25, 0.3) is 0 Å². The number of rotatable bonds is 8. The molecule has 1 aromatic rings. The minimum atomic E-state index is -0.777. The second-order valence-electron chi connectivity index (χ2n) is 5.54. The lowest BCUT2D eigenvalue weighted by Crippen LogP contribution is -2.22. The quantitative estimate of drug-likeness (QED) is 0.712. The van der Waals surface area contributed by atoms with Gasteiger partial charge < -0.3 is 19.7 Å². The summed E-state index contributed by atoms with van der Waals surface area (Å²) in [6.07, 6.45) is 2.44. The van der Waals surface area contributed by atoms with Crippen molar-refractivity contribution in [2.24, 2.45) is 0 Å². The minimum Gasteiger partial charge on any atom is -0.503 e. The molecule has 0 aliphatic rings. The Kier molecular flexibility index (Phi) is 6.42. The number of nitrogens with zero attached hydrogens (tertiary/aromatic N) is 2. The number of unbranched alkanes of at least 4 members (excludes halogenated alkanes) is 2. The number of pyridine rings is 1. The number of hydrogen-bond donors (Lipinski definition) is 2. The van der Waals surface area contributed by atoms with Gasteiger partial charge in [-0.05, 0) is 33.9 Å². The minimum absolute atomic E-state index is 0.180. The number of aromatic nitrogens is 1. The molecule has 0 bridgehead atoms. The zero-order valence-electron chi connectivity index (χ0n) is 12.9. The molecule has 0 fully saturated rings. The maximum Gasteiger partial charge on any atom is 0.303 e. The molecule has 0 radical (unpaired) electrons. The van der Waals surface area contributed by atoms with Gasteiger partial charge in [-0.2, -0.15) is 0 Å². The van der Waals surface area contributed by atoms with Crippen LogP contribution >= 0.6 is 0 Å². The lowest BCUT2D eigenvalue weighted by atomic mass is 10.1. The molecule has 0 aliphatic heterocycles. The highest BCUT2D eigenvalue weighted by Gasteiger charge is 2.13. The van der Waals surface area contributed by atoms with Crippen LogP contribution in [0.1, 0.15) is 37.1 Å². The topological polar surface area (TPSA) is 82.8 Å². The molecule has 21 heavy (non-hydrogen) atoms. The van der Waals surface area contributed by atoms with Gasteiger partial charge in [0.2, 0.25) is 5.43 Å². The molecule has 118 valence electrons. The number of carboxylic acids is 1. The van der Waals surface area contributed by atoms with E-state index >= 15 is 0 Å². The Hall–Kier alpha value is -1.82. The molecule has 1 rings (SSSR count). The fourth-order valence-corrected chi connectivity index (χ4v) is 2.31. The third kappa shape index (κ3) is 5.23. The number of carbonyl (C=O) groups is 1. The van der Waals surface area contributed by atoms with E-state index in [2.05, 4.69) is 0 Å². The van der Waals surface area contributed by atoms with E-state index in [4.69, 9.17) is 5.11 Å². The molecule has 6 heteroatoms. The van der Waals surface area contributed by atoms with Crippen LogP contribution in [0.4, 0.5) is 0 Å². The first-order chi connectivity index (χ1) is 9.82. The average molecular weight is 296 g/mol. The molecule has 0 unspecified atom stereocenters. The second-order valence-corrected chi connectivity index (χ2v) is 5.54. The maximum absolute atomic E-state index is 11.7. The van der Waals surface area contributed by atoms with Crippen LogP contribution in [-0.4, -0.2) is 39.7 Å². The fourth-order valence-electron chi connectivity index (χ4n) is 2.31. The molecule has 0 saturated heterocycles. The predicted molar refractivity (Wildman–Crippen MR) is 80.6 cm³/mol. The van der Waals surface area contributed by atoms with Crippen LogP contribution in [0.2, 0.25) is 0 Å². The number of aromatic hydroxyl groups is 1. The van der Waals surface area contributed by atoms with Crippen molar-refractivity contribution < 1.29 is 15.0 Å². The monoisotopic (exact) mass is 296 g/mol. The van der Waals surface area contributed by atoms with E-state index in [1.807, 2.05) is 30.5 Å². The van der Waals surface area contributed by atoms with Crippen molar-refractivity contribution in [3.63, 3.8) is 0 Å². The largest absolute Gasteiger partial charge is 0.503 e. The average Bonchev–Trinajstić information content (AvgIpc) is 2.37. The molecule has 0 spiro atoms. The van der Waals surface area contributed by atoms with E-state index in [-0.39, 0.29) is 17.6 Å². The summed E-state index contributed by atoms with van der Waals surface area (Å²) in [6, 6.07) is 1.44. The van der Waals surface area contributed by atoms with Gasteiger partial charge in [0.25, 0.3) is 0 Å². The zero-order chi connectivity index (χ0) is 16.0. The standard InChI is InChI=1S/C15H24N2O4/c1-11-9-13(18)15(21)12(10-16(2)3)17(11)8-6-4-5-7-14(19)20/h9,21H,4-8,10H2,1-3H3,(H,19,20). The van der Waals surface area contributed by atoms with Crippen molar-refractivity contribution in [1.29, 1.82) is 0 Å². The summed E-state index contributed by atoms with van der Waals surface area (Å²) >= 11 is 0. The molecule has 6 nitrogen and oxygen atoms in total. The van der Waals surface area contributed by atoms with E-state index in [9.17, 15) is 14.7 Å². The molecule has 0 atom stereocenters. The molecule has 0 saturated carbocycles. The summed E-state index contributed by atoms with van der Waals surface area (Å²) in [7, 11) is 3.76. The van der Waals surface area contributed by atoms with E-state index in [0.717, 1.165) is 18.5 Å². The van der Waals surface area contributed by atoms with Crippen molar-refractivity contribution in [2.75, 3.05) is 14.1 Å². The molecule has 0 aliphatic carbocycles. The van der Waals surface area contributed by atoms with E-state index in [1.54, 1.807) is 0 Å². The van der Waals surface area contributed by atoms with Crippen LogP contribution in [0.15, 0.2) is 10.9 Å². The van der Waals surface area contributed by atoms with Gasteiger partial charge in [0.15, 0.2) is 5.75 Å². The summed E-state index contributed by atoms with van der Waals surface area (Å²) < 4.78 is 1.94. The smallest absolute Gasteiger partial charge is 0.303 e. The van der Waals surface area contributed by atoms with Gasteiger partial charge in [-0.25, -0.2) is 0 Å². The molecular weight excluding hydrogens is 272 g/mol. The maximum atomic E-state index is 11.7. The molecule has 0 amide bonds. The molecule has 2 N–H and O–H groups in total. The van der Waals surface area contributed by atoms with Crippen molar-refractivity contribution in [3.05, 3.63) is 27.7 Å². The zero-order valence-corrected chi connectivity index (χ0v) is 12.9. The molecular formula is C15H24N2O4. The van der Waals surface area contributed by atoms with Crippen LogP contribution in [-0.2, 0) is 17.9 Å². The van der Waals surface area contributed by atoms with E-state index in [1.165, 1.54) is 6.07 Å². The Labute approximate surface area is 124 Å². The van der Waals surface area contributed by atoms with Crippen molar-refractivity contribution in [1.82, 2.24) is 9.47 Å². The Morgan fingerprint density at radius 2 is 1.95 bits per heavy atom. The van der Waals surface area contributed by atoms with Crippen LogP contribution < -0.4 is 5.43 Å². The number of carboxylic acid groups (broad SMARTS) is 1. The van der Waals surface area contributed by atoms with Gasteiger partial charge in [0.1, 0.15) is 0 Å². The van der Waals surface area contributed by atoms with Crippen LogP contribution in [0.5, 0.6) is 5.75 Å². The molecule has 1 aromatic heterocycles. The highest BCUT2D eigenvalue weighted by molar-refractivity contribution is 5.66. The van der Waals surface area contributed by atoms with Gasteiger partial charge in [0, 0.05) is 31.3 Å². The first-order valence-electron chi connectivity index (χ1n) is 7.11. The summed E-state index contributed by atoms with van der Waals surface area (Å²) in [5.74, 6) is -0.972. The first kappa shape index (κ1) is 17.2. The Morgan fingerprint density at radius 1 is 1.29 bits per heavy atom. The summed E-state index contributed by atoms with van der Waals surface area (Å²) in [4.78, 5) is 24.1. The molecule has 1 heterocycles. The highest BCUT2D eigenvalue weighted by atomic mass is 16.4. The van der Waals surface area contributed by atoms with Gasteiger partial charge in [0.05, 0.1) is 5.69 Å². The second kappa shape index (κ2) is 7.83. The third-order valence-electron chi connectivity index (χ3n) is 3.34. The van der Waals surface area contributed by atoms with Crippen molar-refractivity contribution in [3.8, 4) is 5.75 Å². The first-order valence-corrected chi connectivity index (χ1v) is 7.11. The normalized spacial score (nSPS) is 11.0. The Morgan fingerprint density at radius 3 is 2.52 bits per heavy atom. The highest BCUT2D eigenvalue weighted by Crippen LogP contribution is 2.17. The predicted octanol–water partition coefficient (Wildman–Crippen LogP) is 1.57. The van der Waals surface area contributed by atoms with E-state index < -0.39 is 5.97 Å². The lowest BCUT2D eigenvalue weighted by Gasteiger charge is -2.20. The number of aliphatic carboxylic acids is 1. The Bertz CT molecular complexity index is 549. The SMILES string of the molecule is Cc1cc(=O)c(O)c(CN(C)C)n1CCCCCC(=O)O. The Balaban J connectivity index is 2.82. The number of aryl methyl sites for hydroxylation is 1. The fraction of sp³-hybridized carbons (Fsp3) is 0.600. The summed E-state index contributed by atoms with van der Waals surface area (Å²) in [6.45, 7) is 3.00. The third-order valence-corrected chi connectivity index (χ3v) is 3.34. The summed E-state index contributed by atoms with van der Waals surface area (Å²) in [5.41, 5.74) is 1.07. The summed E-state index contributed by atoms with van der Waals surface area (Å²) in [5, 5.41) is 18.6. The van der Waals surface area contributed by atoms with Gasteiger partial charge in [-0.15, -0.1) is 0 Å². The van der Waals surface area contributed by atoms with Gasteiger partial charge in [-0.3, -0.25) is 9.59 Å². The molecule has 0 aromatic carbocycles. The van der Waals surface area contributed by atoms with Crippen LogP contribution in [0, 0.1) is 6.92 Å². The van der Waals surface area contributed by atoms with Crippen molar-refractivity contribution >= 4 is 5.97 Å². The van der Waals surface area contributed by atoms with Crippen LogP contribution in [0.3, 0.4) is 0 Å². The van der Waals surface area contributed by atoms with Gasteiger partial charge in [-0.1, -0.05) is 6.42 Å². The lowest BCUT2D eigenvalue weighted by molar-refractivity contribution is -0.137. The number of hydrogen-bond acceptors (Lipinski definition) is 4. The van der Waals surface area contributed by atoms with Crippen molar-refractivity contribution in [2.45, 2.75) is 45.7 Å². The van der Waals surface area contributed by atoms with E-state index in [0.29, 0.717) is 25.2 Å². The van der Waals surface area contributed by atoms with Gasteiger partial charge >= 0.3 is 5.97 Å².